The second kappa shape index (κ2) is 10.2. The van der Waals surface area contributed by atoms with Crippen LogP contribution < -0.4 is 10.7 Å². The van der Waals surface area contributed by atoms with Crippen LogP contribution in [0.1, 0.15) is 18.4 Å². The lowest BCUT2D eigenvalue weighted by Crippen LogP contribution is -2.36. The lowest BCUT2D eigenvalue weighted by molar-refractivity contribution is 0.0548. The van der Waals surface area contributed by atoms with Gasteiger partial charge in [-0.15, -0.1) is 0 Å². The molecule has 0 amide bonds. The third-order valence-electron chi connectivity index (χ3n) is 5.16. The monoisotopic (exact) mass is 418 g/mol. The summed E-state index contributed by atoms with van der Waals surface area (Å²) in [6.07, 6.45) is 6.18. The Balaban J connectivity index is 1.50. The maximum Gasteiger partial charge on any atom is 0.191 e. The van der Waals surface area contributed by atoms with Gasteiger partial charge >= 0.3 is 0 Å². The van der Waals surface area contributed by atoms with Crippen LogP contribution in [0.3, 0.4) is 0 Å². The van der Waals surface area contributed by atoms with Gasteiger partial charge < -0.3 is 15.0 Å². The van der Waals surface area contributed by atoms with Gasteiger partial charge in [0.1, 0.15) is 0 Å². The van der Waals surface area contributed by atoms with Crippen molar-refractivity contribution in [2.45, 2.75) is 12.8 Å². The molecule has 1 heterocycles. The molecule has 2 aromatic carbocycles. The molecule has 0 spiro atoms. The fourth-order valence-electron chi connectivity index (χ4n) is 3.77. The molecule has 0 atom stereocenters. The Morgan fingerprint density at radius 3 is 2.40 bits per heavy atom. The Morgan fingerprint density at radius 2 is 1.67 bits per heavy atom. The van der Waals surface area contributed by atoms with Crippen molar-refractivity contribution in [1.82, 2.24) is 10.3 Å². The molecule has 30 heavy (non-hydrogen) atoms. The van der Waals surface area contributed by atoms with Crippen molar-refractivity contribution >= 4 is 35.3 Å². The Hall–Kier alpha value is -2.96. The van der Waals surface area contributed by atoms with Gasteiger partial charge in [0.15, 0.2) is 5.11 Å². The summed E-state index contributed by atoms with van der Waals surface area (Å²) in [6.45, 7) is 3.33. The fourth-order valence-corrected chi connectivity index (χ4v) is 3.94. The standard InChI is InChI=1S/C24H26N4OS/c30-24(26-22-9-5-2-6-10-22)27-25-18-21-12-11-20(17-19-7-3-1-4-8-19)23(21)28-13-15-29-16-14-28/h1-10,17-18H,11-16H2,(H2,26,27,30)/b20-17+,25-18+. The molecule has 6 heteroatoms. The number of thiocarbonyl (C=S) groups is 1. The van der Waals surface area contributed by atoms with Crippen LogP contribution in [0.2, 0.25) is 0 Å². The van der Waals surface area contributed by atoms with Crippen LogP contribution in [0.4, 0.5) is 5.69 Å². The third-order valence-corrected chi connectivity index (χ3v) is 5.35. The minimum Gasteiger partial charge on any atom is -0.378 e. The lowest BCUT2D eigenvalue weighted by Gasteiger charge is -2.31. The predicted octanol–water partition coefficient (Wildman–Crippen LogP) is 4.42. The van der Waals surface area contributed by atoms with Gasteiger partial charge in [0.2, 0.25) is 0 Å². The number of allylic oxidation sites excluding steroid dienone is 2. The van der Waals surface area contributed by atoms with Gasteiger partial charge in [0, 0.05) is 24.5 Å². The van der Waals surface area contributed by atoms with E-state index in [-0.39, 0.29) is 0 Å². The number of rotatable bonds is 5. The van der Waals surface area contributed by atoms with E-state index in [0.29, 0.717) is 5.11 Å². The topological polar surface area (TPSA) is 48.9 Å². The molecule has 1 aliphatic carbocycles. The van der Waals surface area contributed by atoms with Crippen LogP contribution in [-0.4, -0.2) is 42.5 Å². The first-order chi connectivity index (χ1) is 14.8. The van der Waals surface area contributed by atoms with Crippen molar-refractivity contribution in [3.63, 3.8) is 0 Å². The Bertz CT molecular complexity index is 948. The molecule has 154 valence electrons. The molecule has 1 aliphatic heterocycles. The summed E-state index contributed by atoms with van der Waals surface area (Å²) in [6, 6.07) is 20.3. The van der Waals surface area contributed by atoms with E-state index in [1.165, 1.54) is 22.4 Å². The Kier molecular flexibility index (Phi) is 6.90. The zero-order valence-electron chi connectivity index (χ0n) is 16.9. The summed E-state index contributed by atoms with van der Waals surface area (Å²) in [4.78, 5) is 2.42. The highest BCUT2D eigenvalue weighted by atomic mass is 32.1. The van der Waals surface area contributed by atoms with Gasteiger partial charge in [-0.1, -0.05) is 48.5 Å². The molecular weight excluding hydrogens is 392 g/mol. The first kappa shape index (κ1) is 20.3. The summed E-state index contributed by atoms with van der Waals surface area (Å²) in [5.41, 5.74) is 8.97. The molecule has 1 saturated heterocycles. The average molecular weight is 419 g/mol. The second-order valence-electron chi connectivity index (χ2n) is 7.24. The van der Waals surface area contributed by atoms with E-state index in [1.807, 2.05) is 42.6 Å². The van der Waals surface area contributed by atoms with Crippen LogP contribution in [0.15, 0.2) is 82.6 Å². The van der Waals surface area contributed by atoms with Crippen molar-refractivity contribution in [3.05, 3.63) is 83.1 Å². The number of nitrogens with zero attached hydrogens (tertiary/aromatic N) is 2. The zero-order chi connectivity index (χ0) is 20.6. The van der Waals surface area contributed by atoms with Gasteiger partial charge in [-0.2, -0.15) is 5.10 Å². The smallest absolute Gasteiger partial charge is 0.191 e. The van der Waals surface area contributed by atoms with E-state index in [2.05, 4.69) is 51.1 Å². The van der Waals surface area contributed by atoms with Gasteiger partial charge in [-0.3, -0.25) is 5.43 Å². The molecule has 2 aromatic rings. The normalized spacial score (nSPS) is 18.3. The highest BCUT2D eigenvalue weighted by molar-refractivity contribution is 7.80. The summed E-state index contributed by atoms with van der Waals surface area (Å²) >= 11 is 5.35. The molecular formula is C24H26N4OS. The first-order valence-corrected chi connectivity index (χ1v) is 10.7. The predicted molar refractivity (Wildman–Crippen MR) is 127 cm³/mol. The Labute approximate surface area is 183 Å². The van der Waals surface area contributed by atoms with Gasteiger partial charge in [0.05, 0.1) is 19.4 Å². The largest absolute Gasteiger partial charge is 0.378 e. The Morgan fingerprint density at radius 1 is 0.967 bits per heavy atom. The van der Waals surface area contributed by atoms with Crippen LogP contribution in [0.25, 0.3) is 6.08 Å². The quantitative estimate of drug-likeness (QED) is 0.428. The average Bonchev–Trinajstić information content (AvgIpc) is 3.18. The number of benzene rings is 2. The maximum absolute atomic E-state index is 5.56. The minimum absolute atomic E-state index is 0.476. The molecule has 1 fully saturated rings. The van der Waals surface area contributed by atoms with Crippen LogP contribution >= 0.6 is 12.2 Å². The zero-order valence-corrected chi connectivity index (χ0v) is 17.7. The molecule has 0 unspecified atom stereocenters. The summed E-state index contributed by atoms with van der Waals surface area (Å²) in [7, 11) is 0. The summed E-state index contributed by atoms with van der Waals surface area (Å²) in [5, 5.41) is 8.03. The van der Waals surface area contributed by atoms with Crippen molar-refractivity contribution in [2.75, 3.05) is 31.6 Å². The minimum atomic E-state index is 0.476. The fraction of sp³-hybridized carbons (Fsp3) is 0.250. The van der Waals surface area contributed by atoms with Crippen molar-refractivity contribution in [3.8, 4) is 0 Å². The summed E-state index contributed by atoms with van der Waals surface area (Å²) < 4.78 is 5.56. The number of hydrogen-bond acceptors (Lipinski definition) is 4. The highest BCUT2D eigenvalue weighted by Gasteiger charge is 2.25. The number of para-hydroxylation sites is 1. The van der Waals surface area contributed by atoms with Gasteiger partial charge in [-0.05, 0) is 60.0 Å². The van der Waals surface area contributed by atoms with Gasteiger partial charge in [-0.25, -0.2) is 0 Å². The number of hydrogen-bond donors (Lipinski definition) is 2. The van der Waals surface area contributed by atoms with Crippen LogP contribution in [0.5, 0.6) is 0 Å². The van der Waals surface area contributed by atoms with E-state index in [4.69, 9.17) is 17.0 Å². The SMILES string of the molecule is S=C(N/N=C/C1=C(N2CCOCC2)C(=C/c2ccccc2)/CC1)Nc1ccccc1. The van der Waals surface area contributed by atoms with Crippen molar-refractivity contribution < 1.29 is 4.74 Å². The summed E-state index contributed by atoms with van der Waals surface area (Å²) in [5.74, 6) is 0. The third kappa shape index (κ3) is 5.34. The van der Waals surface area contributed by atoms with E-state index >= 15 is 0 Å². The number of hydrazone groups is 1. The number of ether oxygens (including phenoxy) is 1. The van der Waals surface area contributed by atoms with Crippen LogP contribution in [0, 0.1) is 0 Å². The van der Waals surface area contributed by atoms with Crippen molar-refractivity contribution in [2.24, 2.45) is 5.10 Å². The molecule has 0 bridgehead atoms. The number of morpholine rings is 1. The molecule has 5 nitrogen and oxygen atoms in total. The molecule has 4 rings (SSSR count). The number of nitrogens with one attached hydrogen (secondary N) is 2. The van der Waals surface area contributed by atoms with Crippen LogP contribution in [-0.2, 0) is 4.74 Å². The van der Waals surface area contributed by atoms with Crippen molar-refractivity contribution in [1.29, 1.82) is 0 Å². The maximum atomic E-state index is 5.56. The number of anilines is 1. The van der Waals surface area contributed by atoms with E-state index in [1.54, 1.807) is 0 Å². The molecule has 0 radical (unpaired) electrons. The highest BCUT2D eigenvalue weighted by Crippen LogP contribution is 2.34. The van der Waals surface area contributed by atoms with E-state index in [0.717, 1.165) is 44.8 Å². The molecule has 2 N–H and O–H groups in total. The lowest BCUT2D eigenvalue weighted by atomic mass is 10.1. The first-order valence-electron chi connectivity index (χ1n) is 10.3. The molecule has 0 aromatic heterocycles. The molecule has 2 aliphatic rings. The second-order valence-corrected chi connectivity index (χ2v) is 7.65. The molecule has 0 saturated carbocycles. The van der Waals surface area contributed by atoms with E-state index < -0.39 is 0 Å². The van der Waals surface area contributed by atoms with Gasteiger partial charge in [0.25, 0.3) is 0 Å². The van der Waals surface area contributed by atoms with E-state index in [9.17, 15) is 0 Å².